The standard InChI is InChI=1S/C18H16FN3O2S/c19-14-5-2-1-4-12(14)8-13-9-21-17(24-13)15-6-3-7-22(15)18(23)16-10-20-11-25-16/h1-2,4-5,9-11,15H,3,6-8H2/t15-/m0/s1. The molecule has 1 amide bonds. The smallest absolute Gasteiger partial charge is 0.266 e. The van der Waals surface area contributed by atoms with E-state index >= 15 is 0 Å². The third-order valence-corrected chi connectivity index (χ3v) is 5.10. The molecule has 0 N–H and O–H groups in total. The molecule has 0 radical (unpaired) electrons. The lowest BCUT2D eigenvalue weighted by molar-refractivity contribution is 0.0719. The number of halogens is 1. The van der Waals surface area contributed by atoms with Gasteiger partial charge in [0, 0.05) is 13.0 Å². The summed E-state index contributed by atoms with van der Waals surface area (Å²) in [6.45, 7) is 0.673. The summed E-state index contributed by atoms with van der Waals surface area (Å²) in [4.78, 5) is 23.3. The van der Waals surface area contributed by atoms with Crippen LogP contribution in [0.5, 0.6) is 0 Å². The molecule has 0 bridgehead atoms. The predicted molar refractivity (Wildman–Crippen MR) is 90.8 cm³/mol. The van der Waals surface area contributed by atoms with Crippen molar-refractivity contribution in [3.05, 3.63) is 70.1 Å². The fraction of sp³-hybridized carbons (Fsp3) is 0.278. The van der Waals surface area contributed by atoms with E-state index in [1.807, 2.05) is 0 Å². The number of nitrogens with zero attached hydrogens (tertiary/aromatic N) is 3. The molecular weight excluding hydrogens is 341 g/mol. The van der Waals surface area contributed by atoms with Gasteiger partial charge >= 0.3 is 0 Å². The van der Waals surface area contributed by atoms with Gasteiger partial charge in [0.15, 0.2) is 0 Å². The van der Waals surface area contributed by atoms with Gasteiger partial charge in [0.25, 0.3) is 5.91 Å². The molecule has 4 rings (SSSR count). The van der Waals surface area contributed by atoms with Crippen LogP contribution in [0.25, 0.3) is 0 Å². The minimum atomic E-state index is -0.261. The Morgan fingerprint density at radius 1 is 1.36 bits per heavy atom. The first kappa shape index (κ1) is 16.0. The number of likely N-dealkylation sites (tertiary alicyclic amines) is 1. The third-order valence-electron chi connectivity index (χ3n) is 4.34. The van der Waals surface area contributed by atoms with Gasteiger partial charge in [0.2, 0.25) is 5.89 Å². The van der Waals surface area contributed by atoms with Gasteiger partial charge in [-0.3, -0.25) is 9.78 Å². The number of aromatic nitrogens is 2. The van der Waals surface area contributed by atoms with Crippen molar-refractivity contribution >= 4 is 17.2 Å². The fourth-order valence-corrected chi connectivity index (χ4v) is 3.69. The Morgan fingerprint density at radius 3 is 3.04 bits per heavy atom. The number of rotatable bonds is 4. The number of hydrogen-bond acceptors (Lipinski definition) is 5. The Balaban J connectivity index is 1.53. The zero-order valence-electron chi connectivity index (χ0n) is 13.4. The van der Waals surface area contributed by atoms with Gasteiger partial charge in [-0.2, -0.15) is 0 Å². The monoisotopic (exact) mass is 357 g/mol. The first-order valence-corrected chi connectivity index (χ1v) is 8.98. The van der Waals surface area contributed by atoms with Crippen LogP contribution in [0.2, 0.25) is 0 Å². The summed E-state index contributed by atoms with van der Waals surface area (Å²) in [6, 6.07) is 6.43. The molecule has 1 saturated heterocycles. The van der Waals surface area contributed by atoms with E-state index in [4.69, 9.17) is 4.42 Å². The zero-order chi connectivity index (χ0) is 17.2. The summed E-state index contributed by atoms with van der Waals surface area (Å²) in [5, 5.41) is 0. The van der Waals surface area contributed by atoms with Gasteiger partial charge in [-0.15, -0.1) is 11.3 Å². The van der Waals surface area contributed by atoms with Crippen molar-refractivity contribution in [1.29, 1.82) is 0 Å². The first-order chi connectivity index (χ1) is 12.2. The molecule has 0 unspecified atom stereocenters. The van der Waals surface area contributed by atoms with E-state index in [1.54, 1.807) is 41.0 Å². The highest BCUT2D eigenvalue weighted by molar-refractivity contribution is 7.11. The Morgan fingerprint density at radius 2 is 2.24 bits per heavy atom. The van der Waals surface area contributed by atoms with Gasteiger partial charge in [-0.1, -0.05) is 18.2 Å². The van der Waals surface area contributed by atoms with Gasteiger partial charge in [-0.05, 0) is 24.5 Å². The number of hydrogen-bond donors (Lipinski definition) is 0. The van der Waals surface area contributed by atoms with Crippen molar-refractivity contribution < 1.29 is 13.6 Å². The number of benzene rings is 1. The van der Waals surface area contributed by atoms with Crippen LogP contribution in [0, 0.1) is 5.82 Å². The summed E-state index contributed by atoms with van der Waals surface area (Å²) in [5.74, 6) is 0.807. The Hall–Kier alpha value is -2.54. The molecule has 5 nitrogen and oxygen atoms in total. The molecule has 3 heterocycles. The lowest BCUT2D eigenvalue weighted by Crippen LogP contribution is -2.30. The van der Waals surface area contributed by atoms with Crippen LogP contribution < -0.4 is 0 Å². The number of oxazole rings is 1. The third kappa shape index (κ3) is 3.19. The summed E-state index contributed by atoms with van der Waals surface area (Å²) >= 11 is 1.33. The van der Waals surface area contributed by atoms with E-state index in [2.05, 4.69) is 9.97 Å². The van der Waals surface area contributed by atoms with Gasteiger partial charge in [0.1, 0.15) is 22.5 Å². The second-order valence-corrected chi connectivity index (χ2v) is 6.84. The Labute approximate surface area is 148 Å². The number of amides is 1. The van der Waals surface area contributed by atoms with Crippen molar-refractivity contribution in [3.63, 3.8) is 0 Å². The van der Waals surface area contributed by atoms with Crippen LogP contribution in [0.3, 0.4) is 0 Å². The van der Waals surface area contributed by atoms with Crippen molar-refractivity contribution in [1.82, 2.24) is 14.9 Å². The van der Waals surface area contributed by atoms with Crippen LogP contribution in [-0.2, 0) is 6.42 Å². The average molecular weight is 357 g/mol. The van der Waals surface area contributed by atoms with Crippen LogP contribution >= 0.6 is 11.3 Å². The lowest BCUT2D eigenvalue weighted by atomic mass is 10.1. The first-order valence-electron chi connectivity index (χ1n) is 8.10. The Bertz CT molecular complexity index is 878. The highest BCUT2D eigenvalue weighted by atomic mass is 32.1. The molecule has 1 aromatic carbocycles. The molecule has 128 valence electrons. The lowest BCUT2D eigenvalue weighted by Gasteiger charge is -2.21. The molecule has 0 aliphatic carbocycles. The molecule has 0 saturated carbocycles. The summed E-state index contributed by atoms with van der Waals surface area (Å²) < 4.78 is 19.6. The molecule has 0 spiro atoms. The maximum Gasteiger partial charge on any atom is 0.266 e. The highest BCUT2D eigenvalue weighted by Crippen LogP contribution is 2.33. The molecule has 25 heavy (non-hydrogen) atoms. The normalized spacial score (nSPS) is 17.2. The second-order valence-electron chi connectivity index (χ2n) is 5.96. The van der Waals surface area contributed by atoms with Crippen LogP contribution in [0.4, 0.5) is 4.39 Å². The maximum atomic E-state index is 13.8. The van der Waals surface area contributed by atoms with E-state index in [1.165, 1.54) is 17.4 Å². The molecule has 1 fully saturated rings. The number of thiazole rings is 1. The SMILES string of the molecule is O=C(c1cncs1)N1CCC[C@H]1c1ncc(Cc2ccccc2F)o1. The van der Waals surface area contributed by atoms with Crippen LogP contribution in [0.1, 0.15) is 45.8 Å². The van der Waals surface area contributed by atoms with E-state index < -0.39 is 0 Å². The molecular formula is C18H16FN3O2S. The maximum absolute atomic E-state index is 13.8. The minimum absolute atomic E-state index is 0.0427. The van der Waals surface area contributed by atoms with Crippen LogP contribution in [0.15, 0.2) is 46.6 Å². The van der Waals surface area contributed by atoms with Gasteiger partial charge in [0.05, 0.1) is 17.9 Å². The number of carbonyl (C=O) groups is 1. The second kappa shape index (κ2) is 6.76. The molecule has 1 aliphatic rings. The van der Waals surface area contributed by atoms with Crippen molar-refractivity contribution in [3.8, 4) is 0 Å². The zero-order valence-corrected chi connectivity index (χ0v) is 14.2. The minimum Gasteiger partial charge on any atom is -0.443 e. The molecule has 2 aromatic heterocycles. The molecule has 1 aliphatic heterocycles. The quantitative estimate of drug-likeness (QED) is 0.712. The van der Waals surface area contributed by atoms with E-state index in [9.17, 15) is 9.18 Å². The Kier molecular flexibility index (Phi) is 4.31. The highest BCUT2D eigenvalue weighted by Gasteiger charge is 2.34. The van der Waals surface area contributed by atoms with E-state index in [0.29, 0.717) is 35.1 Å². The summed E-state index contributed by atoms with van der Waals surface area (Å²) in [5.41, 5.74) is 2.21. The van der Waals surface area contributed by atoms with E-state index in [-0.39, 0.29) is 17.8 Å². The predicted octanol–water partition coefficient (Wildman–Crippen LogP) is 3.84. The van der Waals surface area contributed by atoms with Gasteiger partial charge in [-0.25, -0.2) is 9.37 Å². The molecule has 7 heteroatoms. The summed E-state index contributed by atoms with van der Waals surface area (Å²) in [6.07, 6.45) is 5.26. The number of carbonyl (C=O) groups excluding carboxylic acids is 1. The van der Waals surface area contributed by atoms with Crippen molar-refractivity contribution in [2.75, 3.05) is 6.54 Å². The fourth-order valence-electron chi connectivity index (χ4n) is 3.12. The van der Waals surface area contributed by atoms with E-state index in [0.717, 1.165) is 12.8 Å². The summed E-state index contributed by atoms with van der Waals surface area (Å²) in [7, 11) is 0. The largest absolute Gasteiger partial charge is 0.443 e. The topological polar surface area (TPSA) is 59.2 Å². The average Bonchev–Trinajstić information content (AvgIpc) is 3.37. The van der Waals surface area contributed by atoms with Crippen molar-refractivity contribution in [2.24, 2.45) is 0 Å². The van der Waals surface area contributed by atoms with Crippen molar-refractivity contribution in [2.45, 2.75) is 25.3 Å². The molecule has 3 aromatic rings. The van der Waals surface area contributed by atoms with Crippen LogP contribution in [-0.4, -0.2) is 27.3 Å². The molecule has 1 atom stereocenters. The van der Waals surface area contributed by atoms with Gasteiger partial charge < -0.3 is 9.32 Å².